The number of rotatable bonds is 6. The molecule has 0 aliphatic carbocycles. The van der Waals surface area contributed by atoms with Crippen molar-refractivity contribution in [1.29, 1.82) is 0 Å². The number of nitrogens with zero attached hydrogens (tertiary/aromatic N) is 3. The molecule has 0 spiro atoms. The van der Waals surface area contributed by atoms with Crippen molar-refractivity contribution in [3.05, 3.63) is 21.6 Å². The molecule has 138 valence electrons. The molecule has 25 heavy (non-hydrogen) atoms. The van der Waals surface area contributed by atoms with Crippen molar-refractivity contribution in [1.82, 2.24) is 20.4 Å². The van der Waals surface area contributed by atoms with Gasteiger partial charge in [-0.3, -0.25) is 9.59 Å². The maximum absolute atomic E-state index is 12.3. The van der Waals surface area contributed by atoms with Crippen LogP contribution in [-0.4, -0.2) is 60.3 Å². The van der Waals surface area contributed by atoms with E-state index in [-0.39, 0.29) is 22.4 Å². The Hall–Kier alpha value is -1.60. The van der Waals surface area contributed by atoms with Gasteiger partial charge < -0.3 is 15.1 Å². The number of anilines is 1. The van der Waals surface area contributed by atoms with E-state index in [1.54, 1.807) is 6.20 Å². The molecular formula is C17H26ClN5O2. The van der Waals surface area contributed by atoms with Gasteiger partial charge in [0.05, 0.1) is 11.9 Å². The van der Waals surface area contributed by atoms with Crippen LogP contribution in [0.3, 0.4) is 0 Å². The zero-order valence-corrected chi connectivity index (χ0v) is 15.2. The number of hydrogen-bond donors (Lipinski definition) is 2. The van der Waals surface area contributed by atoms with Crippen molar-refractivity contribution in [3.63, 3.8) is 0 Å². The van der Waals surface area contributed by atoms with Crippen LogP contribution < -0.4 is 15.8 Å². The average molecular weight is 368 g/mol. The number of hydrogen-bond acceptors (Lipinski definition) is 5. The largest absolute Gasteiger partial charge is 0.369 e. The first-order valence-corrected chi connectivity index (χ1v) is 9.51. The molecule has 3 heterocycles. The van der Waals surface area contributed by atoms with Crippen LogP contribution in [-0.2, 0) is 4.79 Å². The standard InChI is InChI=1S/C17H26ClN5O2/c18-15-14(12-20-21-17(15)25)23-10-4-13(5-11-23)16(24)19-6-3-9-22-7-1-2-8-22/h12-13H,1-11H2,(H,19,24)(H,21,25). The third-order valence-corrected chi connectivity index (χ3v) is 5.50. The molecule has 7 nitrogen and oxygen atoms in total. The van der Waals surface area contributed by atoms with E-state index in [0.29, 0.717) is 18.8 Å². The van der Waals surface area contributed by atoms with E-state index < -0.39 is 0 Å². The summed E-state index contributed by atoms with van der Waals surface area (Å²) in [5.74, 6) is 0.188. The first-order chi connectivity index (χ1) is 12.1. The van der Waals surface area contributed by atoms with Crippen molar-refractivity contribution in [3.8, 4) is 0 Å². The summed E-state index contributed by atoms with van der Waals surface area (Å²) in [5.41, 5.74) is 0.270. The highest BCUT2D eigenvalue weighted by atomic mass is 35.5. The Balaban J connectivity index is 1.40. The van der Waals surface area contributed by atoms with Crippen molar-refractivity contribution in [2.75, 3.05) is 44.2 Å². The molecule has 8 heteroatoms. The lowest BCUT2D eigenvalue weighted by atomic mass is 9.95. The molecule has 2 aliphatic heterocycles. The van der Waals surface area contributed by atoms with E-state index in [2.05, 4.69) is 20.4 Å². The van der Waals surface area contributed by atoms with Crippen LogP contribution in [0.4, 0.5) is 5.69 Å². The van der Waals surface area contributed by atoms with Crippen LogP contribution in [0.2, 0.25) is 5.02 Å². The number of aromatic amines is 1. The summed E-state index contributed by atoms with van der Waals surface area (Å²) in [6.07, 6.45) is 6.72. The number of amides is 1. The Morgan fingerprint density at radius 2 is 2.00 bits per heavy atom. The van der Waals surface area contributed by atoms with Gasteiger partial charge in [0.2, 0.25) is 5.91 Å². The lowest BCUT2D eigenvalue weighted by Gasteiger charge is -2.33. The van der Waals surface area contributed by atoms with Gasteiger partial charge in [0.1, 0.15) is 5.02 Å². The molecule has 0 unspecified atom stereocenters. The molecule has 2 aliphatic rings. The Morgan fingerprint density at radius 3 is 2.72 bits per heavy atom. The fourth-order valence-electron chi connectivity index (χ4n) is 3.64. The van der Waals surface area contributed by atoms with Crippen LogP contribution in [0, 0.1) is 5.92 Å². The second-order valence-electron chi connectivity index (χ2n) is 6.85. The van der Waals surface area contributed by atoms with Crippen molar-refractivity contribution in [2.24, 2.45) is 5.92 Å². The van der Waals surface area contributed by atoms with Gasteiger partial charge in [0, 0.05) is 25.6 Å². The second kappa shape index (κ2) is 8.67. The summed E-state index contributed by atoms with van der Waals surface area (Å²) in [6.45, 7) is 5.64. The number of nitrogens with one attached hydrogen (secondary N) is 2. The van der Waals surface area contributed by atoms with E-state index >= 15 is 0 Å². The molecular weight excluding hydrogens is 342 g/mol. The van der Waals surface area contributed by atoms with Crippen molar-refractivity contribution < 1.29 is 4.79 Å². The number of likely N-dealkylation sites (tertiary alicyclic amines) is 1. The number of carbonyl (C=O) groups is 1. The van der Waals surface area contributed by atoms with E-state index in [9.17, 15) is 9.59 Å². The van der Waals surface area contributed by atoms with Crippen molar-refractivity contribution in [2.45, 2.75) is 32.1 Å². The lowest BCUT2D eigenvalue weighted by molar-refractivity contribution is -0.125. The minimum atomic E-state index is -0.378. The minimum Gasteiger partial charge on any atom is -0.369 e. The quantitative estimate of drug-likeness (QED) is 0.739. The van der Waals surface area contributed by atoms with Crippen LogP contribution in [0.25, 0.3) is 0 Å². The molecule has 2 fully saturated rings. The Labute approximate surface area is 152 Å². The van der Waals surface area contributed by atoms with Gasteiger partial charge in [-0.2, -0.15) is 5.10 Å². The summed E-state index contributed by atoms with van der Waals surface area (Å²) in [6, 6.07) is 0. The average Bonchev–Trinajstić information content (AvgIpc) is 3.14. The Kier molecular flexibility index (Phi) is 6.31. The molecule has 1 amide bonds. The van der Waals surface area contributed by atoms with Gasteiger partial charge in [-0.1, -0.05) is 11.6 Å². The summed E-state index contributed by atoms with van der Waals surface area (Å²) in [5, 5.41) is 9.37. The number of carbonyl (C=O) groups excluding carboxylic acids is 1. The monoisotopic (exact) mass is 367 g/mol. The topological polar surface area (TPSA) is 81.3 Å². The van der Waals surface area contributed by atoms with Crippen molar-refractivity contribution >= 4 is 23.2 Å². The minimum absolute atomic E-state index is 0.0387. The van der Waals surface area contributed by atoms with E-state index in [0.717, 1.165) is 32.4 Å². The fraction of sp³-hybridized carbons (Fsp3) is 0.706. The molecule has 0 atom stereocenters. The molecule has 0 bridgehead atoms. The normalized spacial score (nSPS) is 19.3. The first kappa shape index (κ1) is 18.2. The van der Waals surface area contributed by atoms with Crippen LogP contribution in [0.1, 0.15) is 32.1 Å². The van der Waals surface area contributed by atoms with Gasteiger partial charge in [0.25, 0.3) is 5.56 Å². The van der Waals surface area contributed by atoms with Crippen LogP contribution >= 0.6 is 11.6 Å². The Bertz CT molecular complexity index is 636. The molecule has 1 aromatic heterocycles. The van der Waals surface area contributed by atoms with Gasteiger partial charge in [-0.25, -0.2) is 5.10 Å². The van der Waals surface area contributed by atoms with E-state index in [4.69, 9.17) is 11.6 Å². The van der Waals surface area contributed by atoms with Gasteiger partial charge in [-0.05, 0) is 51.7 Å². The van der Waals surface area contributed by atoms with Gasteiger partial charge in [0.15, 0.2) is 0 Å². The van der Waals surface area contributed by atoms with Gasteiger partial charge in [-0.15, -0.1) is 0 Å². The maximum atomic E-state index is 12.3. The second-order valence-corrected chi connectivity index (χ2v) is 7.23. The third kappa shape index (κ3) is 4.73. The number of aromatic nitrogens is 2. The summed E-state index contributed by atoms with van der Waals surface area (Å²) >= 11 is 6.06. The Morgan fingerprint density at radius 1 is 1.28 bits per heavy atom. The van der Waals surface area contributed by atoms with E-state index in [1.165, 1.54) is 25.9 Å². The maximum Gasteiger partial charge on any atom is 0.285 e. The van der Waals surface area contributed by atoms with Gasteiger partial charge >= 0.3 is 0 Å². The zero-order chi connectivity index (χ0) is 17.6. The highest BCUT2D eigenvalue weighted by Gasteiger charge is 2.26. The highest BCUT2D eigenvalue weighted by Crippen LogP contribution is 2.26. The summed E-state index contributed by atoms with van der Waals surface area (Å²) < 4.78 is 0. The SMILES string of the molecule is O=C(NCCCN1CCCC1)C1CCN(c2cn[nH]c(=O)c2Cl)CC1. The fourth-order valence-corrected chi connectivity index (χ4v) is 3.85. The molecule has 0 saturated carbocycles. The zero-order valence-electron chi connectivity index (χ0n) is 14.5. The van der Waals surface area contributed by atoms with Crippen LogP contribution in [0.5, 0.6) is 0 Å². The molecule has 2 saturated heterocycles. The highest BCUT2D eigenvalue weighted by molar-refractivity contribution is 6.33. The number of piperidine rings is 1. The number of halogens is 1. The van der Waals surface area contributed by atoms with Crippen LogP contribution in [0.15, 0.2) is 11.0 Å². The molecule has 2 N–H and O–H groups in total. The summed E-state index contributed by atoms with van der Waals surface area (Å²) in [7, 11) is 0. The first-order valence-electron chi connectivity index (χ1n) is 9.13. The smallest absolute Gasteiger partial charge is 0.285 e. The number of H-pyrrole nitrogens is 1. The summed E-state index contributed by atoms with van der Waals surface area (Å²) in [4.78, 5) is 28.4. The molecule has 0 radical (unpaired) electrons. The molecule has 0 aromatic carbocycles. The predicted molar refractivity (Wildman–Crippen MR) is 98.1 cm³/mol. The van der Waals surface area contributed by atoms with E-state index in [1.807, 2.05) is 4.90 Å². The molecule has 1 aromatic rings. The third-order valence-electron chi connectivity index (χ3n) is 5.13. The molecule has 3 rings (SSSR count). The lowest BCUT2D eigenvalue weighted by Crippen LogP contribution is -2.41. The predicted octanol–water partition coefficient (Wildman–Crippen LogP) is 1.24.